The van der Waals surface area contributed by atoms with Crippen LogP contribution in [0.25, 0.3) is 0 Å². The predicted octanol–water partition coefficient (Wildman–Crippen LogP) is 6.02. The van der Waals surface area contributed by atoms with Crippen LogP contribution < -0.4 is 10.6 Å². The van der Waals surface area contributed by atoms with Crippen molar-refractivity contribution < 1.29 is 33.8 Å². The fourth-order valence-corrected chi connectivity index (χ4v) is 6.89. The minimum Gasteiger partial charge on any atom is -0.478 e. The number of carbonyl (C=O) groups excluding carboxylic acids is 4. The van der Waals surface area contributed by atoms with Crippen LogP contribution in [-0.2, 0) is 38.5 Å². The molecule has 3 N–H and O–H groups in total. The number of carboxylic acid groups (broad SMARTS) is 1. The Kier molecular flexibility index (Phi) is 12.1. The van der Waals surface area contributed by atoms with Crippen LogP contribution in [0.15, 0.2) is 66.7 Å². The van der Waals surface area contributed by atoms with Gasteiger partial charge in [0.2, 0.25) is 17.7 Å². The lowest BCUT2D eigenvalue weighted by Crippen LogP contribution is -2.62. The molecule has 290 valence electrons. The summed E-state index contributed by atoms with van der Waals surface area (Å²) < 4.78 is 5.47. The Morgan fingerprint density at radius 3 is 2.20 bits per heavy atom. The van der Waals surface area contributed by atoms with E-state index in [0.717, 1.165) is 36.0 Å². The van der Waals surface area contributed by atoms with E-state index in [1.165, 1.54) is 29.6 Å². The Morgan fingerprint density at radius 1 is 0.891 bits per heavy atom. The molecule has 4 amide bonds. The molecule has 0 aromatic heterocycles. The number of likely N-dealkylation sites (N-methyl/N-ethyl adjacent to an activating group) is 1. The van der Waals surface area contributed by atoms with Gasteiger partial charge in [-0.1, -0.05) is 62.9 Å². The Morgan fingerprint density at radius 2 is 1.55 bits per heavy atom. The lowest BCUT2D eigenvalue weighted by atomic mass is 9.83. The number of carbonyl (C=O) groups is 5. The van der Waals surface area contributed by atoms with Crippen LogP contribution in [0.5, 0.6) is 0 Å². The first kappa shape index (κ1) is 40.6. The van der Waals surface area contributed by atoms with Crippen LogP contribution in [0.2, 0.25) is 0 Å². The molecule has 2 aliphatic rings. The zero-order valence-corrected chi connectivity index (χ0v) is 33.0. The van der Waals surface area contributed by atoms with Crippen molar-refractivity contribution in [1.29, 1.82) is 0 Å². The molecule has 0 bridgehead atoms. The second-order valence-electron chi connectivity index (χ2n) is 16.5. The van der Waals surface area contributed by atoms with Gasteiger partial charge in [-0.15, -0.1) is 0 Å². The van der Waals surface area contributed by atoms with Crippen molar-refractivity contribution in [1.82, 2.24) is 20.4 Å². The zero-order valence-electron chi connectivity index (χ0n) is 33.0. The maximum atomic E-state index is 14.8. The van der Waals surface area contributed by atoms with Gasteiger partial charge in [-0.2, -0.15) is 0 Å². The monoisotopic (exact) mass is 748 g/mol. The van der Waals surface area contributed by atoms with Crippen molar-refractivity contribution >= 4 is 29.8 Å². The highest BCUT2D eigenvalue weighted by atomic mass is 16.6. The van der Waals surface area contributed by atoms with Crippen molar-refractivity contribution in [3.63, 3.8) is 0 Å². The Bertz CT molecular complexity index is 2020. The third-order valence-electron chi connectivity index (χ3n) is 10.1. The maximum Gasteiger partial charge on any atom is 0.410 e. The van der Waals surface area contributed by atoms with Crippen LogP contribution in [0, 0.1) is 17.3 Å². The van der Waals surface area contributed by atoms with E-state index in [9.17, 15) is 29.1 Å². The van der Waals surface area contributed by atoms with Gasteiger partial charge in [0.15, 0.2) is 0 Å². The van der Waals surface area contributed by atoms with Crippen LogP contribution in [0.4, 0.5) is 4.79 Å². The highest BCUT2D eigenvalue weighted by Gasteiger charge is 2.43. The van der Waals surface area contributed by atoms with Crippen LogP contribution in [0.3, 0.4) is 0 Å². The highest BCUT2D eigenvalue weighted by molar-refractivity contribution is 5.95. The molecule has 1 aliphatic carbocycles. The zero-order chi connectivity index (χ0) is 40.2. The number of amides is 4. The quantitative estimate of drug-likeness (QED) is 0.251. The van der Waals surface area contributed by atoms with Gasteiger partial charge in [-0.25, -0.2) is 9.59 Å². The average Bonchev–Trinajstić information content (AvgIpc) is 3.13. The number of aromatic carboxylic acids is 1. The van der Waals surface area contributed by atoms with E-state index in [1.807, 2.05) is 57.2 Å². The number of hydrogen-bond acceptors (Lipinski definition) is 6. The normalized spacial score (nSPS) is 17.6. The second kappa shape index (κ2) is 16.4. The highest BCUT2D eigenvalue weighted by Crippen LogP contribution is 2.32. The number of aryl methyl sites for hydroxylation is 1. The summed E-state index contributed by atoms with van der Waals surface area (Å²) in [5.41, 5.74) is 4.00. The van der Waals surface area contributed by atoms with E-state index in [-0.39, 0.29) is 30.5 Å². The topological polar surface area (TPSA) is 145 Å². The van der Waals surface area contributed by atoms with E-state index < -0.39 is 53.0 Å². The van der Waals surface area contributed by atoms with Crippen LogP contribution in [-0.4, -0.2) is 75.5 Å². The molecular weight excluding hydrogens is 697 g/mol. The van der Waals surface area contributed by atoms with Gasteiger partial charge >= 0.3 is 12.1 Å². The van der Waals surface area contributed by atoms with E-state index in [2.05, 4.69) is 28.5 Å². The first-order valence-electron chi connectivity index (χ1n) is 18.7. The third-order valence-corrected chi connectivity index (χ3v) is 10.1. The van der Waals surface area contributed by atoms with Crippen molar-refractivity contribution in [3.05, 3.63) is 106 Å². The molecule has 0 saturated heterocycles. The van der Waals surface area contributed by atoms with Gasteiger partial charge in [-0.05, 0) is 111 Å². The van der Waals surface area contributed by atoms with Crippen LogP contribution in [0.1, 0.15) is 111 Å². The largest absolute Gasteiger partial charge is 0.478 e. The van der Waals surface area contributed by atoms with E-state index >= 15 is 0 Å². The van der Waals surface area contributed by atoms with Gasteiger partial charge in [0.25, 0.3) is 0 Å². The first-order valence-corrected chi connectivity index (χ1v) is 18.7. The fourth-order valence-electron chi connectivity index (χ4n) is 6.89. The molecule has 3 aromatic rings. The lowest BCUT2D eigenvalue weighted by Gasteiger charge is -2.42. The second-order valence-corrected chi connectivity index (χ2v) is 16.5. The summed E-state index contributed by atoms with van der Waals surface area (Å²) in [4.78, 5) is 69.8. The minimum atomic E-state index is -1.04. The summed E-state index contributed by atoms with van der Waals surface area (Å²) in [6, 6.07) is 17.1. The number of fused-ring (bicyclic) bond motifs is 2. The molecule has 4 atom stereocenters. The smallest absolute Gasteiger partial charge is 0.410 e. The Balaban J connectivity index is 1.45. The van der Waals surface area contributed by atoms with Gasteiger partial charge < -0.3 is 25.4 Å². The lowest BCUT2D eigenvalue weighted by molar-refractivity contribution is -0.147. The summed E-state index contributed by atoms with van der Waals surface area (Å²) in [6.07, 6.45) is 2.24. The molecule has 55 heavy (non-hydrogen) atoms. The molecule has 0 spiro atoms. The standard InChI is InChI=1S/C44H52N4O7/c1-27(47(8)42(54)55-44(5,6)7)38(49)46-37(43(2,3)4)40(51)48-26-33-24-29(17-16-28-18-21-31(22-19-28)41(52)53)20-23-32(33)25-36(48)39(50)45-35-15-11-13-30-12-9-10-14-34(30)35/h9-10,12,14,18-24,27,35-37H,11,13,15,25-26H2,1-8H3,(H,45,50)(H,46,49)(H,52,53)/t27?,35-,36?,37?/m1/s1. The summed E-state index contributed by atoms with van der Waals surface area (Å²) in [5, 5.41) is 15.4. The van der Waals surface area contributed by atoms with E-state index in [4.69, 9.17) is 4.74 Å². The number of ether oxygens (including phenoxy) is 1. The van der Waals surface area contributed by atoms with E-state index in [1.54, 1.807) is 44.7 Å². The maximum absolute atomic E-state index is 14.8. The van der Waals surface area contributed by atoms with Gasteiger partial charge in [0, 0.05) is 31.1 Å². The summed E-state index contributed by atoms with van der Waals surface area (Å²) in [6.45, 7) is 12.4. The Labute approximate surface area is 323 Å². The third kappa shape index (κ3) is 9.92. The molecule has 3 unspecified atom stereocenters. The summed E-state index contributed by atoms with van der Waals surface area (Å²) in [5.74, 6) is 3.98. The number of nitrogens with zero attached hydrogens (tertiary/aromatic N) is 2. The molecule has 11 heteroatoms. The summed E-state index contributed by atoms with van der Waals surface area (Å²) in [7, 11) is 1.48. The average molecular weight is 749 g/mol. The molecule has 0 saturated carbocycles. The molecule has 1 heterocycles. The predicted molar refractivity (Wildman–Crippen MR) is 209 cm³/mol. The van der Waals surface area contributed by atoms with Gasteiger partial charge in [0.1, 0.15) is 23.7 Å². The molecule has 3 aromatic carbocycles. The van der Waals surface area contributed by atoms with Crippen molar-refractivity contribution in [3.8, 4) is 11.8 Å². The van der Waals surface area contributed by atoms with E-state index in [0.29, 0.717) is 11.1 Å². The molecule has 11 nitrogen and oxygen atoms in total. The molecule has 0 fully saturated rings. The minimum absolute atomic E-state index is 0.103. The first-order chi connectivity index (χ1) is 25.8. The SMILES string of the molecule is CC(C(=O)NC(C(=O)N1Cc2cc(C#Cc3ccc(C(=O)O)cc3)ccc2CC1C(=O)N[C@@H]1CCCc2ccccc21)C(C)(C)C)N(C)C(=O)OC(C)(C)C. The van der Waals surface area contributed by atoms with Crippen molar-refractivity contribution in [2.24, 2.45) is 5.41 Å². The number of nitrogens with one attached hydrogen (secondary N) is 2. The van der Waals surface area contributed by atoms with Crippen molar-refractivity contribution in [2.45, 2.75) is 110 Å². The van der Waals surface area contributed by atoms with Crippen LogP contribution >= 0.6 is 0 Å². The Hall–Kier alpha value is -5.63. The van der Waals surface area contributed by atoms with Crippen molar-refractivity contribution in [2.75, 3.05) is 7.05 Å². The fraction of sp³-hybridized carbons (Fsp3) is 0.432. The molecule has 1 aliphatic heterocycles. The molecule has 5 rings (SSSR count). The number of carboxylic acids is 1. The molecule has 0 radical (unpaired) electrons. The summed E-state index contributed by atoms with van der Waals surface area (Å²) >= 11 is 0. The number of benzene rings is 3. The number of rotatable bonds is 7. The molecular formula is C44H52N4O7. The van der Waals surface area contributed by atoms with Gasteiger partial charge in [-0.3, -0.25) is 19.3 Å². The number of hydrogen-bond donors (Lipinski definition) is 3. The van der Waals surface area contributed by atoms with Gasteiger partial charge in [0.05, 0.1) is 11.6 Å².